The first-order valence-corrected chi connectivity index (χ1v) is 15.9. The number of allylic oxidation sites excluding steroid dienone is 2. The monoisotopic (exact) mass is 621 g/mol. The number of nitrogens with one attached hydrogen (secondary N) is 2. The number of H-pyrrole nitrogens is 1. The topological polar surface area (TPSA) is 182 Å². The Hall–Kier alpha value is -3.54. The van der Waals surface area contributed by atoms with Gasteiger partial charge in [-0.3, -0.25) is 9.59 Å². The molecule has 242 valence electrons. The van der Waals surface area contributed by atoms with E-state index in [-0.39, 0.29) is 29.6 Å². The first-order valence-electron chi connectivity index (χ1n) is 15.9. The molecule has 45 heavy (non-hydrogen) atoms. The summed E-state index contributed by atoms with van der Waals surface area (Å²) in [6, 6.07) is 6.45. The van der Waals surface area contributed by atoms with Gasteiger partial charge in [-0.05, 0) is 85.8 Å². The SMILES string of the molecule is CC12CCC(=NOCC(=O)NC(Cc3c[nH]c4ccccc34)C(=O)O)C=C1CCC1C2C(O)CC2(C)C1CCC2(O)C(=O)CO. The molecule has 0 spiro atoms. The van der Waals surface area contributed by atoms with Crippen LogP contribution in [0.5, 0.6) is 0 Å². The van der Waals surface area contributed by atoms with Crippen molar-refractivity contribution in [3.8, 4) is 0 Å². The number of carboxylic acids is 1. The number of oxime groups is 1. The van der Waals surface area contributed by atoms with E-state index in [0.717, 1.165) is 35.7 Å². The Labute approximate surface area is 261 Å². The largest absolute Gasteiger partial charge is 0.480 e. The number of hydrogen-bond donors (Lipinski definition) is 6. The summed E-state index contributed by atoms with van der Waals surface area (Å²) in [6.07, 6.45) is 7.41. The van der Waals surface area contributed by atoms with E-state index >= 15 is 0 Å². The first-order chi connectivity index (χ1) is 21.4. The van der Waals surface area contributed by atoms with Crippen molar-refractivity contribution in [1.82, 2.24) is 10.3 Å². The van der Waals surface area contributed by atoms with Gasteiger partial charge < -0.3 is 35.6 Å². The smallest absolute Gasteiger partial charge is 0.326 e. The fraction of sp³-hybridized carbons (Fsp3) is 0.588. The summed E-state index contributed by atoms with van der Waals surface area (Å²) >= 11 is 0. The molecule has 1 aromatic heterocycles. The number of nitrogens with zero attached hydrogens (tertiary/aromatic N) is 1. The Balaban J connectivity index is 1.09. The standard InChI is InChI=1S/C34H43N3O8/c1-32-11-9-21(37-45-18-29(41)36-26(31(42)43)13-19-16-35-25-6-4-3-5-22(19)25)14-20(32)7-8-23-24-10-12-34(44,28(40)17-38)33(24,2)15-27(39)30(23)32/h3-6,14,16,23-24,26-27,30,35,38-39,44H,7-13,15,17-18H2,1-2H3,(H,36,41)(H,42,43). The number of carbonyl (C=O) groups excluding carboxylic acids is 2. The zero-order valence-corrected chi connectivity index (χ0v) is 25.8. The molecular weight excluding hydrogens is 578 g/mol. The van der Waals surface area contributed by atoms with Crippen LogP contribution in [0.3, 0.4) is 0 Å². The Morgan fingerprint density at radius 2 is 1.93 bits per heavy atom. The highest BCUT2D eigenvalue weighted by Crippen LogP contribution is 2.67. The Morgan fingerprint density at radius 1 is 1.16 bits per heavy atom. The van der Waals surface area contributed by atoms with E-state index in [9.17, 15) is 34.8 Å². The van der Waals surface area contributed by atoms with Gasteiger partial charge >= 0.3 is 5.97 Å². The van der Waals surface area contributed by atoms with Crippen LogP contribution >= 0.6 is 0 Å². The first kappa shape index (κ1) is 31.4. The molecule has 8 unspecified atom stereocenters. The molecule has 0 aliphatic heterocycles. The number of rotatable bonds is 9. The van der Waals surface area contributed by atoms with Crippen molar-refractivity contribution in [2.45, 2.75) is 83.0 Å². The third kappa shape index (κ3) is 5.18. The number of aliphatic hydroxyl groups excluding tert-OH is 2. The van der Waals surface area contributed by atoms with Gasteiger partial charge in [0.2, 0.25) is 0 Å². The number of aromatic amines is 1. The summed E-state index contributed by atoms with van der Waals surface area (Å²) in [6.45, 7) is 2.98. The maximum absolute atomic E-state index is 12.6. The molecule has 4 aliphatic carbocycles. The van der Waals surface area contributed by atoms with Crippen molar-refractivity contribution >= 4 is 34.3 Å². The summed E-state index contributed by atoms with van der Waals surface area (Å²) in [4.78, 5) is 45.7. The summed E-state index contributed by atoms with van der Waals surface area (Å²) in [7, 11) is 0. The van der Waals surface area contributed by atoms with Crippen LogP contribution in [0.4, 0.5) is 0 Å². The average molecular weight is 622 g/mol. The Bertz CT molecular complexity index is 1570. The van der Waals surface area contributed by atoms with Crippen molar-refractivity contribution in [2.75, 3.05) is 13.2 Å². The lowest BCUT2D eigenvalue weighted by Gasteiger charge is -2.60. The number of aromatic nitrogens is 1. The van der Waals surface area contributed by atoms with E-state index < -0.39 is 54.0 Å². The summed E-state index contributed by atoms with van der Waals surface area (Å²) in [5.41, 5.74) is 0.877. The predicted molar refractivity (Wildman–Crippen MR) is 165 cm³/mol. The molecule has 0 radical (unpaired) electrons. The van der Waals surface area contributed by atoms with Crippen LogP contribution in [0.1, 0.15) is 64.4 Å². The van der Waals surface area contributed by atoms with E-state index in [2.05, 4.69) is 22.4 Å². The number of para-hydroxylation sites is 1. The minimum atomic E-state index is -1.62. The zero-order valence-electron chi connectivity index (χ0n) is 25.8. The van der Waals surface area contributed by atoms with Gasteiger partial charge in [0.15, 0.2) is 12.4 Å². The number of carbonyl (C=O) groups is 3. The normalized spacial score (nSPS) is 35.6. The molecule has 4 aliphatic rings. The summed E-state index contributed by atoms with van der Waals surface area (Å²) in [5, 5.41) is 49.9. The Kier molecular flexibility index (Phi) is 8.16. The van der Waals surface area contributed by atoms with Crippen molar-refractivity contribution in [2.24, 2.45) is 33.7 Å². The highest BCUT2D eigenvalue weighted by atomic mass is 16.6. The quantitative estimate of drug-likeness (QED) is 0.231. The van der Waals surface area contributed by atoms with Crippen LogP contribution in [0.2, 0.25) is 0 Å². The molecule has 0 bridgehead atoms. The molecule has 6 rings (SSSR count). The van der Waals surface area contributed by atoms with Gasteiger partial charge in [-0.25, -0.2) is 4.79 Å². The molecule has 2 aromatic rings. The number of aliphatic hydroxyl groups is 3. The average Bonchev–Trinajstić information content (AvgIpc) is 3.54. The molecule has 8 atom stereocenters. The van der Waals surface area contributed by atoms with E-state index in [1.54, 1.807) is 6.20 Å². The minimum Gasteiger partial charge on any atom is -0.480 e. The van der Waals surface area contributed by atoms with Gasteiger partial charge in [-0.2, -0.15) is 0 Å². The van der Waals surface area contributed by atoms with Gasteiger partial charge in [0, 0.05) is 28.9 Å². The fourth-order valence-electron chi connectivity index (χ4n) is 9.49. The molecule has 11 nitrogen and oxygen atoms in total. The van der Waals surface area contributed by atoms with E-state index in [1.165, 1.54) is 5.57 Å². The predicted octanol–water partition coefficient (Wildman–Crippen LogP) is 2.88. The molecular formula is C34H43N3O8. The third-order valence-electron chi connectivity index (χ3n) is 11.8. The summed E-state index contributed by atoms with van der Waals surface area (Å²) in [5.74, 6) is -2.08. The van der Waals surface area contributed by atoms with E-state index in [0.29, 0.717) is 31.4 Å². The maximum atomic E-state index is 12.6. The van der Waals surface area contributed by atoms with Gasteiger partial charge in [0.05, 0.1) is 11.8 Å². The van der Waals surface area contributed by atoms with Gasteiger partial charge in [0.25, 0.3) is 5.91 Å². The number of amides is 1. The molecule has 0 saturated heterocycles. The molecule has 6 N–H and O–H groups in total. The Morgan fingerprint density at radius 3 is 2.69 bits per heavy atom. The van der Waals surface area contributed by atoms with Crippen LogP contribution in [0.25, 0.3) is 10.9 Å². The van der Waals surface area contributed by atoms with E-state index in [1.807, 2.05) is 37.3 Å². The number of hydrogen-bond acceptors (Lipinski definition) is 8. The molecule has 1 heterocycles. The van der Waals surface area contributed by atoms with Gasteiger partial charge in [-0.1, -0.05) is 42.8 Å². The van der Waals surface area contributed by atoms with Gasteiger partial charge in [0.1, 0.15) is 18.2 Å². The van der Waals surface area contributed by atoms with Gasteiger partial charge in [-0.15, -0.1) is 0 Å². The van der Waals surface area contributed by atoms with Crippen LogP contribution in [-0.2, 0) is 25.6 Å². The van der Waals surface area contributed by atoms with Crippen LogP contribution in [0.15, 0.2) is 47.3 Å². The van der Waals surface area contributed by atoms with Crippen molar-refractivity contribution in [1.29, 1.82) is 0 Å². The fourth-order valence-corrected chi connectivity index (χ4v) is 9.49. The molecule has 1 amide bonds. The number of carboxylic acid groups (broad SMARTS) is 1. The molecule has 1 aromatic carbocycles. The lowest BCUT2D eigenvalue weighted by atomic mass is 9.45. The lowest BCUT2D eigenvalue weighted by molar-refractivity contribution is -0.181. The van der Waals surface area contributed by atoms with Crippen molar-refractivity contribution in [3.63, 3.8) is 0 Å². The van der Waals surface area contributed by atoms with Crippen LogP contribution in [-0.4, -0.2) is 79.7 Å². The second-order valence-electron chi connectivity index (χ2n) is 14.0. The van der Waals surface area contributed by atoms with Crippen LogP contribution in [0, 0.1) is 28.6 Å². The van der Waals surface area contributed by atoms with E-state index in [4.69, 9.17) is 4.84 Å². The number of Topliss-reactive ketones (excluding diaryl/α,β-unsaturated/α-hetero) is 1. The second kappa shape index (κ2) is 11.7. The highest BCUT2D eigenvalue weighted by Gasteiger charge is 2.68. The van der Waals surface area contributed by atoms with Crippen LogP contribution < -0.4 is 5.32 Å². The summed E-state index contributed by atoms with van der Waals surface area (Å²) < 4.78 is 0. The highest BCUT2D eigenvalue weighted by molar-refractivity contribution is 5.96. The molecule has 11 heteroatoms. The zero-order chi connectivity index (χ0) is 32.1. The minimum absolute atomic E-state index is 0.0273. The third-order valence-corrected chi connectivity index (χ3v) is 11.8. The maximum Gasteiger partial charge on any atom is 0.326 e. The number of aliphatic carboxylic acids is 1. The lowest BCUT2D eigenvalue weighted by Crippen LogP contribution is -2.62. The second-order valence-corrected chi connectivity index (χ2v) is 14.0. The number of ketones is 1. The number of benzene rings is 1. The van der Waals surface area contributed by atoms with Crippen molar-refractivity contribution < 1.29 is 39.6 Å². The molecule has 3 saturated carbocycles. The van der Waals surface area contributed by atoms with Crippen molar-refractivity contribution in [3.05, 3.63) is 47.7 Å². The molecule has 3 fully saturated rings. The number of fused-ring (bicyclic) bond motifs is 6.